The predicted octanol–water partition coefficient (Wildman–Crippen LogP) is 6.40. The maximum Gasteiger partial charge on any atom is 0.0488 e. The van der Waals surface area contributed by atoms with Crippen molar-refractivity contribution in [3.05, 3.63) is 83.6 Å². The summed E-state index contributed by atoms with van der Waals surface area (Å²) >= 11 is 0. The number of fused-ring (bicyclic) bond motifs is 1. The Morgan fingerprint density at radius 1 is 1.00 bits per heavy atom. The summed E-state index contributed by atoms with van der Waals surface area (Å²) in [6.07, 6.45) is 7.91. The summed E-state index contributed by atoms with van der Waals surface area (Å²) in [5.74, 6) is 0. The minimum atomic E-state index is 0.482. The molecule has 4 rings (SSSR count). The van der Waals surface area contributed by atoms with E-state index in [0.717, 1.165) is 6.42 Å². The van der Waals surface area contributed by atoms with Gasteiger partial charge >= 0.3 is 0 Å². The van der Waals surface area contributed by atoms with E-state index < -0.39 is 0 Å². The molecule has 0 fully saturated rings. The number of hydrogen-bond acceptors (Lipinski definition) is 0. The Kier molecular flexibility index (Phi) is 3.65. The molecule has 1 nitrogen and oxygen atoms in total. The van der Waals surface area contributed by atoms with Crippen LogP contribution < -0.4 is 0 Å². The van der Waals surface area contributed by atoms with Crippen molar-refractivity contribution in [3.8, 4) is 0 Å². The third-order valence-corrected chi connectivity index (χ3v) is 4.98. The lowest BCUT2D eigenvalue weighted by Crippen LogP contribution is -1.98. The highest BCUT2D eigenvalue weighted by atomic mass is 15.0. The lowest BCUT2D eigenvalue weighted by molar-refractivity contribution is 0.623. The van der Waals surface area contributed by atoms with E-state index in [2.05, 4.69) is 92.2 Å². The molecule has 0 saturated carbocycles. The number of rotatable bonds is 3. The fourth-order valence-electron chi connectivity index (χ4n) is 3.61. The fourth-order valence-corrected chi connectivity index (χ4v) is 3.61. The molecule has 1 aromatic heterocycles. The lowest BCUT2D eigenvalue weighted by Gasteiger charge is -2.10. The third-order valence-electron chi connectivity index (χ3n) is 4.98. The Bertz CT molecular complexity index is 967. The molecule has 1 heteroatoms. The Morgan fingerprint density at radius 3 is 2.62 bits per heavy atom. The molecule has 1 aliphatic rings. The quantitative estimate of drug-likeness (QED) is 0.527. The van der Waals surface area contributed by atoms with E-state index in [4.69, 9.17) is 0 Å². The van der Waals surface area contributed by atoms with Crippen molar-refractivity contribution in [3.63, 3.8) is 0 Å². The SMILES string of the molecule is Cc1ccccc1C1=CCC(c2ccc3ccn(C(C)C)c3c2)=C1. The van der Waals surface area contributed by atoms with Gasteiger partial charge in [0.15, 0.2) is 0 Å². The molecule has 0 radical (unpaired) electrons. The van der Waals surface area contributed by atoms with Gasteiger partial charge in [-0.1, -0.05) is 48.6 Å². The summed E-state index contributed by atoms with van der Waals surface area (Å²) in [6, 6.07) is 18.2. The maximum atomic E-state index is 2.35. The standard InChI is InChI=1S/C23H23N/c1-16(2)24-13-12-18-8-9-20(15-23(18)24)19-10-11-21(14-19)22-7-5-4-6-17(22)3/h4-9,11-16H,10H2,1-3H3. The lowest BCUT2D eigenvalue weighted by atomic mass is 10.0. The van der Waals surface area contributed by atoms with E-state index in [1.165, 1.54) is 38.7 Å². The molecule has 0 bridgehead atoms. The monoisotopic (exact) mass is 313 g/mol. The molecule has 0 aliphatic heterocycles. The van der Waals surface area contributed by atoms with Gasteiger partial charge in [-0.05, 0) is 72.5 Å². The van der Waals surface area contributed by atoms with Gasteiger partial charge in [-0.2, -0.15) is 0 Å². The summed E-state index contributed by atoms with van der Waals surface area (Å²) < 4.78 is 2.35. The average Bonchev–Trinajstić information content (AvgIpc) is 3.21. The van der Waals surface area contributed by atoms with Gasteiger partial charge in [0, 0.05) is 17.8 Å². The van der Waals surface area contributed by atoms with Crippen molar-refractivity contribution in [2.45, 2.75) is 33.2 Å². The highest BCUT2D eigenvalue weighted by Crippen LogP contribution is 2.34. The molecule has 1 aliphatic carbocycles. The number of benzene rings is 2. The number of allylic oxidation sites excluding steroid dienone is 4. The Morgan fingerprint density at radius 2 is 1.83 bits per heavy atom. The zero-order chi connectivity index (χ0) is 16.7. The predicted molar refractivity (Wildman–Crippen MR) is 104 cm³/mol. The minimum absolute atomic E-state index is 0.482. The number of aryl methyl sites for hydroxylation is 1. The highest BCUT2D eigenvalue weighted by molar-refractivity contribution is 5.92. The molecule has 120 valence electrons. The van der Waals surface area contributed by atoms with Gasteiger partial charge in [0.1, 0.15) is 0 Å². The van der Waals surface area contributed by atoms with Crippen molar-refractivity contribution in [2.75, 3.05) is 0 Å². The first-order valence-corrected chi connectivity index (χ1v) is 8.71. The first-order valence-electron chi connectivity index (χ1n) is 8.71. The second-order valence-corrected chi connectivity index (χ2v) is 6.94. The average molecular weight is 313 g/mol. The van der Waals surface area contributed by atoms with Crippen molar-refractivity contribution in [1.82, 2.24) is 4.57 Å². The molecule has 0 amide bonds. The van der Waals surface area contributed by atoms with E-state index in [0.29, 0.717) is 6.04 Å². The molecule has 0 atom stereocenters. The first-order chi connectivity index (χ1) is 11.6. The number of aromatic nitrogens is 1. The van der Waals surface area contributed by atoms with Crippen LogP contribution in [-0.2, 0) is 0 Å². The van der Waals surface area contributed by atoms with Crippen molar-refractivity contribution < 1.29 is 0 Å². The van der Waals surface area contributed by atoms with E-state index in [1.807, 2.05) is 0 Å². The van der Waals surface area contributed by atoms with Crippen LogP contribution in [0.4, 0.5) is 0 Å². The second-order valence-electron chi connectivity index (χ2n) is 6.94. The van der Waals surface area contributed by atoms with Gasteiger partial charge in [-0.25, -0.2) is 0 Å². The van der Waals surface area contributed by atoms with Crippen molar-refractivity contribution in [1.29, 1.82) is 0 Å². The van der Waals surface area contributed by atoms with Crippen LogP contribution in [0.25, 0.3) is 22.0 Å². The van der Waals surface area contributed by atoms with E-state index in [-0.39, 0.29) is 0 Å². The van der Waals surface area contributed by atoms with Crippen LogP contribution in [0.15, 0.2) is 66.9 Å². The topological polar surface area (TPSA) is 4.93 Å². The highest BCUT2D eigenvalue weighted by Gasteiger charge is 2.13. The first kappa shape index (κ1) is 15.0. The molecule has 1 heterocycles. The number of nitrogens with zero attached hydrogens (tertiary/aromatic N) is 1. The molecule has 0 saturated heterocycles. The minimum Gasteiger partial charge on any atom is -0.345 e. The Balaban J connectivity index is 1.73. The smallest absolute Gasteiger partial charge is 0.0488 e. The van der Waals surface area contributed by atoms with Crippen LogP contribution in [-0.4, -0.2) is 4.57 Å². The van der Waals surface area contributed by atoms with Crippen LogP contribution >= 0.6 is 0 Å². The number of hydrogen-bond donors (Lipinski definition) is 0. The van der Waals surface area contributed by atoms with Crippen molar-refractivity contribution in [2.24, 2.45) is 0 Å². The third kappa shape index (κ3) is 2.50. The molecule has 24 heavy (non-hydrogen) atoms. The van der Waals surface area contributed by atoms with Gasteiger partial charge in [-0.3, -0.25) is 0 Å². The molecule has 2 aromatic carbocycles. The summed E-state index contributed by atoms with van der Waals surface area (Å²) in [7, 11) is 0. The van der Waals surface area contributed by atoms with Gasteiger partial charge in [-0.15, -0.1) is 0 Å². The zero-order valence-corrected chi connectivity index (χ0v) is 14.6. The molecule has 0 spiro atoms. The normalized spacial score (nSPS) is 14.3. The largest absolute Gasteiger partial charge is 0.345 e. The maximum absolute atomic E-state index is 2.35. The zero-order valence-electron chi connectivity index (χ0n) is 14.6. The summed E-state index contributed by atoms with van der Waals surface area (Å²) in [4.78, 5) is 0. The molecule has 3 aromatic rings. The molecular weight excluding hydrogens is 290 g/mol. The van der Waals surface area contributed by atoms with Crippen molar-refractivity contribution >= 4 is 22.0 Å². The van der Waals surface area contributed by atoms with E-state index >= 15 is 0 Å². The Hall–Kier alpha value is -2.54. The van der Waals surface area contributed by atoms with E-state index in [1.54, 1.807) is 0 Å². The molecular formula is C23H23N. The van der Waals surface area contributed by atoms with Crippen LogP contribution in [0.1, 0.15) is 43.0 Å². The van der Waals surface area contributed by atoms with Crippen LogP contribution in [0, 0.1) is 6.92 Å². The molecule has 0 N–H and O–H groups in total. The van der Waals surface area contributed by atoms with Gasteiger partial charge in [0.2, 0.25) is 0 Å². The van der Waals surface area contributed by atoms with Crippen LogP contribution in [0.5, 0.6) is 0 Å². The second kappa shape index (κ2) is 5.83. The van der Waals surface area contributed by atoms with Gasteiger partial charge in [0.05, 0.1) is 0 Å². The van der Waals surface area contributed by atoms with Gasteiger partial charge in [0.25, 0.3) is 0 Å². The summed E-state index contributed by atoms with van der Waals surface area (Å²) in [5, 5.41) is 1.32. The summed E-state index contributed by atoms with van der Waals surface area (Å²) in [5.41, 5.74) is 8.11. The van der Waals surface area contributed by atoms with Crippen LogP contribution in [0.2, 0.25) is 0 Å². The summed E-state index contributed by atoms with van der Waals surface area (Å²) in [6.45, 7) is 6.65. The Labute approximate surface area is 143 Å². The van der Waals surface area contributed by atoms with Crippen LogP contribution in [0.3, 0.4) is 0 Å². The van der Waals surface area contributed by atoms with E-state index in [9.17, 15) is 0 Å². The molecule has 0 unspecified atom stereocenters. The van der Waals surface area contributed by atoms with Gasteiger partial charge < -0.3 is 4.57 Å². The fraction of sp³-hybridized carbons (Fsp3) is 0.217.